The van der Waals surface area contributed by atoms with Gasteiger partial charge < -0.3 is 20.5 Å². The van der Waals surface area contributed by atoms with Crippen LogP contribution in [0.25, 0.3) is 11.2 Å². The third kappa shape index (κ3) is 3.79. The number of aliphatic hydroxyl groups excluding tert-OH is 1. The first kappa shape index (κ1) is 22.8. The van der Waals surface area contributed by atoms with Crippen LogP contribution in [0.5, 0.6) is 5.75 Å². The van der Waals surface area contributed by atoms with Gasteiger partial charge >= 0.3 is 6.18 Å². The highest BCUT2D eigenvalue weighted by Crippen LogP contribution is 2.41. The second-order valence-corrected chi connectivity index (χ2v) is 8.47. The second kappa shape index (κ2) is 7.80. The standard InChI is InChI=1S/C23H19F4N5O3/c1-11-3-4-12(7-13(11)23(25,26)27)30-21(34)31-15-9-22(2)17(8-14(15)24)35-16-5-6-28-20-19(16)32(22)18(33)10-29-20/h3-10,17,21,30-31,34H,1-2H3/t17-,21?,22?/m0/s1. The first-order valence-electron chi connectivity index (χ1n) is 10.5. The number of rotatable bonds is 4. The number of aromatic nitrogens is 3. The third-order valence-electron chi connectivity index (χ3n) is 6.05. The van der Waals surface area contributed by atoms with Crippen LogP contribution in [0.3, 0.4) is 0 Å². The second-order valence-electron chi connectivity index (χ2n) is 8.47. The van der Waals surface area contributed by atoms with Gasteiger partial charge in [0.1, 0.15) is 28.7 Å². The van der Waals surface area contributed by atoms with Crippen LogP contribution in [0.2, 0.25) is 0 Å². The lowest BCUT2D eigenvalue weighted by molar-refractivity contribution is -0.138. The zero-order chi connectivity index (χ0) is 25.1. The Morgan fingerprint density at radius 2 is 2.00 bits per heavy atom. The van der Waals surface area contributed by atoms with E-state index in [4.69, 9.17) is 4.74 Å². The highest BCUT2D eigenvalue weighted by molar-refractivity contribution is 5.79. The maximum absolute atomic E-state index is 15.0. The van der Waals surface area contributed by atoms with Gasteiger partial charge in [-0.2, -0.15) is 13.2 Å². The molecule has 12 heteroatoms. The molecule has 3 atom stereocenters. The van der Waals surface area contributed by atoms with Crippen LogP contribution in [-0.2, 0) is 11.7 Å². The van der Waals surface area contributed by atoms with E-state index in [9.17, 15) is 27.5 Å². The van der Waals surface area contributed by atoms with Crippen molar-refractivity contribution in [2.24, 2.45) is 0 Å². The maximum Gasteiger partial charge on any atom is 0.416 e. The molecule has 5 rings (SSSR count). The monoisotopic (exact) mass is 489 g/mol. The van der Waals surface area contributed by atoms with Crippen LogP contribution in [-0.4, -0.2) is 32.1 Å². The number of hydrogen-bond acceptors (Lipinski definition) is 7. The van der Waals surface area contributed by atoms with Crippen LogP contribution in [0.15, 0.2) is 65.1 Å². The molecule has 182 valence electrons. The van der Waals surface area contributed by atoms with E-state index in [1.165, 1.54) is 35.9 Å². The lowest BCUT2D eigenvalue weighted by Gasteiger charge is -2.42. The van der Waals surface area contributed by atoms with Crippen molar-refractivity contribution in [3.63, 3.8) is 0 Å². The number of alkyl halides is 3. The van der Waals surface area contributed by atoms with E-state index < -0.39 is 41.1 Å². The first-order valence-corrected chi connectivity index (χ1v) is 10.5. The number of halogens is 4. The summed E-state index contributed by atoms with van der Waals surface area (Å²) in [6, 6.07) is 5.02. The fraction of sp³-hybridized carbons (Fsp3) is 0.261. The van der Waals surface area contributed by atoms with Crippen LogP contribution < -0.4 is 20.9 Å². The molecule has 0 spiro atoms. The van der Waals surface area contributed by atoms with E-state index in [-0.39, 0.29) is 22.6 Å². The topological polar surface area (TPSA) is 101 Å². The minimum absolute atomic E-state index is 0.0228. The minimum Gasteiger partial charge on any atom is -0.481 e. The summed E-state index contributed by atoms with van der Waals surface area (Å²) in [7, 11) is 0. The molecule has 2 aliphatic rings. The molecule has 0 saturated carbocycles. The Bertz CT molecular complexity index is 1470. The number of benzene rings is 1. The Kier molecular flexibility index (Phi) is 5.09. The van der Waals surface area contributed by atoms with Gasteiger partial charge in [0.2, 0.25) is 6.35 Å². The van der Waals surface area contributed by atoms with Crippen molar-refractivity contribution in [2.45, 2.75) is 38.0 Å². The molecule has 2 aromatic heterocycles. The molecule has 35 heavy (non-hydrogen) atoms. The number of fused-ring (bicyclic) bond motifs is 2. The molecule has 1 aromatic carbocycles. The van der Waals surface area contributed by atoms with Crippen molar-refractivity contribution >= 4 is 16.9 Å². The molecule has 3 heterocycles. The van der Waals surface area contributed by atoms with Gasteiger partial charge in [-0.1, -0.05) is 6.07 Å². The summed E-state index contributed by atoms with van der Waals surface area (Å²) in [5.41, 5.74) is -2.13. The Labute approximate surface area is 195 Å². The van der Waals surface area contributed by atoms with Crippen molar-refractivity contribution in [3.05, 3.63) is 81.8 Å². The summed E-state index contributed by atoms with van der Waals surface area (Å²) in [6.45, 7) is 2.97. The lowest BCUT2D eigenvalue weighted by Crippen LogP contribution is -2.53. The molecule has 1 aliphatic heterocycles. The van der Waals surface area contributed by atoms with Gasteiger partial charge in [0.15, 0.2) is 5.65 Å². The summed E-state index contributed by atoms with van der Waals surface area (Å²) in [5.74, 6) is -0.456. The SMILES string of the molecule is Cc1ccc(NC(O)NC2=CC3(C)[C@H](C=C2F)Oc2ccnc4ncc(=O)n3c24)cc1C(F)(F)F. The quantitative estimate of drug-likeness (QED) is 0.382. The molecule has 3 N–H and O–H groups in total. The number of anilines is 1. The van der Waals surface area contributed by atoms with E-state index in [0.717, 1.165) is 18.3 Å². The number of pyridine rings is 1. The van der Waals surface area contributed by atoms with E-state index in [1.807, 2.05) is 0 Å². The molecule has 1 aliphatic carbocycles. The summed E-state index contributed by atoms with van der Waals surface area (Å²) < 4.78 is 61.9. The van der Waals surface area contributed by atoms with Gasteiger partial charge in [-0.15, -0.1) is 0 Å². The molecule has 0 radical (unpaired) electrons. The maximum atomic E-state index is 15.0. The fourth-order valence-electron chi connectivity index (χ4n) is 4.37. The van der Waals surface area contributed by atoms with Crippen LogP contribution in [0, 0.1) is 6.92 Å². The predicted octanol–water partition coefficient (Wildman–Crippen LogP) is 3.32. The number of aryl methyl sites for hydroxylation is 1. The summed E-state index contributed by atoms with van der Waals surface area (Å²) in [5, 5.41) is 15.4. The average Bonchev–Trinajstić information content (AvgIpc) is 2.77. The molecule has 0 amide bonds. The van der Waals surface area contributed by atoms with Crippen molar-refractivity contribution in [1.82, 2.24) is 19.9 Å². The first-order chi connectivity index (χ1) is 16.5. The molecule has 0 fully saturated rings. The number of ether oxygens (including phenoxy) is 1. The summed E-state index contributed by atoms with van der Waals surface area (Å²) in [6.07, 6.45) is -2.02. The average molecular weight is 489 g/mol. The number of allylic oxidation sites excluding steroid dienone is 1. The predicted molar refractivity (Wildman–Crippen MR) is 118 cm³/mol. The van der Waals surface area contributed by atoms with E-state index in [2.05, 4.69) is 20.6 Å². The van der Waals surface area contributed by atoms with Gasteiger partial charge in [0.25, 0.3) is 5.56 Å². The van der Waals surface area contributed by atoms with Crippen molar-refractivity contribution in [1.29, 1.82) is 0 Å². The fourth-order valence-corrected chi connectivity index (χ4v) is 4.37. The highest BCUT2D eigenvalue weighted by atomic mass is 19.4. The summed E-state index contributed by atoms with van der Waals surface area (Å²) >= 11 is 0. The molecule has 3 aromatic rings. The van der Waals surface area contributed by atoms with Gasteiger partial charge in [0.05, 0.1) is 17.5 Å². The van der Waals surface area contributed by atoms with Crippen LogP contribution in [0.4, 0.5) is 23.2 Å². The molecule has 8 nitrogen and oxygen atoms in total. The smallest absolute Gasteiger partial charge is 0.416 e. The normalized spacial score (nSPS) is 22.0. The van der Waals surface area contributed by atoms with E-state index >= 15 is 0 Å². The van der Waals surface area contributed by atoms with Crippen molar-refractivity contribution in [3.8, 4) is 5.75 Å². The number of aliphatic hydroxyl groups is 1. The molecule has 2 unspecified atom stereocenters. The van der Waals surface area contributed by atoms with Crippen molar-refractivity contribution < 1.29 is 27.4 Å². The number of hydrogen-bond donors (Lipinski definition) is 3. The zero-order valence-electron chi connectivity index (χ0n) is 18.4. The third-order valence-corrected chi connectivity index (χ3v) is 6.05. The largest absolute Gasteiger partial charge is 0.481 e. The number of nitrogens with zero attached hydrogens (tertiary/aromatic N) is 3. The van der Waals surface area contributed by atoms with E-state index in [1.54, 1.807) is 13.0 Å². The lowest BCUT2D eigenvalue weighted by atomic mass is 9.86. The Morgan fingerprint density at radius 3 is 2.74 bits per heavy atom. The van der Waals surface area contributed by atoms with Gasteiger partial charge in [-0.3, -0.25) is 9.36 Å². The van der Waals surface area contributed by atoms with Crippen LogP contribution >= 0.6 is 0 Å². The Morgan fingerprint density at radius 1 is 1.23 bits per heavy atom. The highest BCUT2D eigenvalue weighted by Gasteiger charge is 2.45. The Balaban J connectivity index is 1.48. The minimum atomic E-state index is -4.57. The van der Waals surface area contributed by atoms with Gasteiger partial charge in [0, 0.05) is 18.0 Å². The molecular formula is C23H19F4N5O3. The van der Waals surface area contributed by atoms with E-state index in [0.29, 0.717) is 11.3 Å². The van der Waals surface area contributed by atoms with Crippen molar-refractivity contribution in [2.75, 3.05) is 5.32 Å². The molecule has 0 bridgehead atoms. The van der Waals surface area contributed by atoms with Gasteiger partial charge in [-0.05, 0) is 43.7 Å². The van der Waals surface area contributed by atoms with Gasteiger partial charge in [-0.25, -0.2) is 14.4 Å². The Hall–Kier alpha value is -3.93. The van der Waals surface area contributed by atoms with Crippen LogP contribution in [0.1, 0.15) is 18.1 Å². The number of nitrogens with one attached hydrogen (secondary N) is 2. The molecule has 0 saturated heterocycles. The summed E-state index contributed by atoms with van der Waals surface area (Å²) in [4.78, 5) is 21.0. The zero-order valence-corrected chi connectivity index (χ0v) is 18.4. The molecular weight excluding hydrogens is 470 g/mol.